The van der Waals surface area contributed by atoms with E-state index in [1.807, 2.05) is 0 Å². The molecule has 0 radical (unpaired) electrons. The molecule has 0 aliphatic rings. The second kappa shape index (κ2) is 10.6. The summed E-state index contributed by atoms with van der Waals surface area (Å²) >= 11 is 10.8. The molecule has 1 unspecified atom stereocenters. The number of hydrogen-bond acceptors (Lipinski definition) is 2. The number of thiocarbonyl (C=S) groups is 1. The summed E-state index contributed by atoms with van der Waals surface area (Å²) in [5.41, 5.74) is 0. The number of unbranched alkanes of at least 4 members (excludes halogenated alkanes) is 4. The molecule has 14 heavy (non-hydrogen) atoms. The van der Waals surface area contributed by atoms with Gasteiger partial charge in [-0.15, -0.1) is 0 Å². The summed E-state index contributed by atoms with van der Waals surface area (Å²) in [5.74, 6) is 0. The van der Waals surface area contributed by atoms with Crippen molar-refractivity contribution >= 4 is 55.8 Å². The van der Waals surface area contributed by atoms with E-state index in [2.05, 4.69) is 45.4 Å². The predicted molar refractivity (Wildman–Crippen MR) is 78.7 cm³/mol. The van der Waals surface area contributed by atoms with Crippen LogP contribution in [0.15, 0.2) is 0 Å². The maximum atomic E-state index is 5.39. The Balaban J connectivity index is 3.18. The third kappa shape index (κ3) is 11.2. The molecule has 0 fully saturated rings. The topological polar surface area (TPSA) is 9.23 Å². The van der Waals surface area contributed by atoms with Gasteiger partial charge < -0.3 is 4.74 Å². The van der Waals surface area contributed by atoms with E-state index in [1.165, 1.54) is 32.1 Å². The second-order valence-electron chi connectivity index (χ2n) is 3.24. The highest BCUT2D eigenvalue weighted by molar-refractivity contribution is 14.1. The van der Waals surface area contributed by atoms with Crippen LogP contribution >= 0.6 is 50.7 Å². The molecule has 0 heterocycles. The smallest absolute Gasteiger partial charge is 0.159 e. The van der Waals surface area contributed by atoms with Crippen LogP contribution in [0.3, 0.4) is 0 Å². The van der Waals surface area contributed by atoms with Crippen molar-refractivity contribution in [3.05, 3.63) is 0 Å². The first-order valence-electron chi connectivity index (χ1n) is 5.10. The Morgan fingerprint density at radius 3 is 2.57 bits per heavy atom. The summed E-state index contributed by atoms with van der Waals surface area (Å²) in [5, 5.41) is 0.766. The number of hydrogen-bond donors (Lipinski definition) is 0. The second-order valence-corrected chi connectivity index (χ2v) is 8.01. The molecule has 84 valence electrons. The molecule has 4 heteroatoms. The number of halogens is 2. The monoisotopic (exact) mass is 392 g/mol. The predicted octanol–water partition coefficient (Wildman–Crippen LogP) is 4.85. The van der Waals surface area contributed by atoms with Gasteiger partial charge in [0.05, 0.1) is 0 Å². The Hall–Kier alpha value is 1.10. The van der Waals surface area contributed by atoms with Crippen LogP contribution in [-0.4, -0.2) is 14.5 Å². The quantitative estimate of drug-likeness (QED) is 0.253. The van der Waals surface area contributed by atoms with Gasteiger partial charge >= 0.3 is 0 Å². The van der Waals surface area contributed by atoms with Crippen LogP contribution in [0.2, 0.25) is 0 Å². The SMILES string of the molecule is CCCCCCCC(=S)OCC(Br)I. The molecule has 0 aliphatic carbocycles. The van der Waals surface area contributed by atoms with Crippen LogP contribution in [-0.2, 0) is 4.74 Å². The largest absolute Gasteiger partial charge is 0.485 e. The first-order valence-corrected chi connectivity index (χ1v) is 7.67. The lowest BCUT2D eigenvalue weighted by Crippen LogP contribution is -2.07. The van der Waals surface area contributed by atoms with Gasteiger partial charge in [0.25, 0.3) is 0 Å². The number of alkyl halides is 2. The first kappa shape index (κ1) is 15.1. The van der Waals surface area contributed by atoms with Crippen molar-refractivity contribution in [1.82, 2.24) is 0 Å². The lowest BCUT2D eigenvalue weighted by atomic mass is 10.1. The minimum Gasteiger partial charge on any atom is -0.485 e. The molecule has 0 aromatic heterocycles. The van der Waals surface area contributed by atoms with E-state index in [9.17, 15) is 0 Å². The highest BCUT2D eigenvalue weighted by Gasteiger charge is 2.01. The fraction of sp³-hybridized carbons (Fsp3) is 0.900. The molecule has 0 saturated heterocycles. The van der Waals surface area contributed by atoms with Gasteiger partial charge in [0.2, 0.25) is 0 Å². The van der Waals surface area contributed by atoms with E-state index >= 15 is 0 Å². The van der Waals surface area contributed by atoms with Crippen LogP contribution in [0.4, 0.5) is 0 Å². The molecule has 0 bridgehead atoms. The van der Waals surface area contributed by atoms with Crippen molar-refractivity contribution in [3.63, 3.8) is 0 Å². The summed E-state index contributed by atoms with van der Waals surface area (Å²) in [7, 11) is 0. The van der Waals surface area contributed by atoms with Crippen LogP contribution in [0, 0.1) is 0 Å². The molecule has 0 aromatic carbocycles. The maximum Gasteiger partial charge on any atom is 0.159 e. The molecule has 1 atom stereocenters. The summed E-state index contributed by atoms with van der Waals surface area (Å²) in [6.07, 6.45) is 7.35. The highest BCUT2D eigenvalue weighted by Crippen LogP contribution is 2.11. The molecular weight excluding hydrogens is 375 g/mol. The minimum atomic E-state index is 0.359. The summed E-state index contributed by atoms with van der Waals surface area (Å²) in [6.45, 7) is 2.90. The standard InChI is InChI=1S/C10H18BrIOS/c1-2-3-4-5-6-7-10(14)13-8-9(11)12/h9H,2-8H2,1H3. The molecule has 0 spiro atoms. The number of ether oxygens (including phenoxy) is 1. The normalized spacial score (nSPS) is 12.5. The average Bonchev–Trinajstić information content (AvgIpc) is 2.14. The van der Waals surface area contributed by atoms with Crippen LogP contribution in [0.5, 0.6) is 0 Å². The zero-order valence-electron chi connectivity index (χ0n) is 8.60. The van der Waals surface area contributed by atoms with Gasteiger partial charge in [-0.1, -0.05) is 71.1 Å². The van der Waals surface area contributed by atoms with Gasteiger partial charge in [-0.25, -0.2) is 0 Å². The van der Waals surface area contributed by atoms with Crippen molar-refractivity contribution in [3.8, 4) is 0 Å². The fourth-order valence-corrected chi connectivity index (χ4v) is 1.63. The van der Waals surface area contributed by atoms with Crippen molar-refractivity contribution in [1.29, 1.82) is 0 Å². The van der Waals surface area contributed by atoms with Gasteiger partial charge in [0.15, 0.2) is 5.05 Å². The Labute approximate surface area is 115 Å². The Morgan fingerprint density at radius 1 is 1.36 bits per heavy atom. The average molecular weight is 393 g/mol. The van der Waals surface area contributed by atoms with Gasteiger partial charge in [0, 0.05) is 6.42 Å². The van der Waals surface area contributed by atoms with Crippen molar-refractivity contribution in [2.75, 3.05) is 6.61 Å². The third-order valence-corrected chi connectivity index (χ3v) is 2.80. The fourth-order valence-electron chi connectivity index (χ4n) is 1.10. The Bertz CT molecular complexity index is 153. The van der Waals surface area contributed by atoms with Crippen LogP contribution in [0.25, 0.3) is 0 Å². The lowest BCUT2D eigenvalue weighted by molar-refractivity contribution is 0.327. The van der Waals surface area contributed by atoms with Crippen LogP contribution < -0.4 is 0 Å². The summed E-state index contributed by atoms with van der Waals surface area (Å²) in [4.78, 5) is 0. The third-order valence-electron chi connectivity index (χ3n) is 1.85. The molecular formula is C10H18BrIOS. The summed E-state index contributed by atoms with van der Waals surface area (Å²) < 4.78 is 5.75. The Morgan fingerprint density at radius 2 is 2.00 bits per heavy atom. The van der Waals surface area contributed by atoms with Crippen molar-refractivity contribution in [2.24, 2.45) is 0 Å². The van der Waals surface area contributed by atoms with Gasteiger partial charge in [0.1, 0.15) is 9.44 Å². The van der Waals surface area contributed by atoms with Crippen LogP contribution in [0.1, 0.15) is 45.4 Å². The lowest BCUT2D eigenvalue weighted by Gasteiger charge is -2.07. The minimum absolute atomic E-state index is 0.359. The molecule has 0 rings (SSSR count). The first-order chi connectivity index (χ1) is 6.66. The van der Waals surface area contributed by atoms with E-state index in [-0.39, 0.29) is 0 Å². The van der Waals surface area contributed by atoms with Crippen molar-refractivity contribution < 1.29 is 4.74 Å². The van der Waals surface area contributed by atoms with Gasteiger partial charge in [-0.05, 0) is 18.6 Å². The van der Waals surface area contributed by atoms with E-state index in [4.69, 9.17) is 17.0 Å². The number of rotatable bonds is 8. The molecule has 0 amide bonds. The highest BCUT2D eigenvalue weighted by atomic mass is 127. The molecule has 1 nitrogen and oxygen atoms in total. The molecule has 0 N–H and O–H groups in total. The van der Waals surface area contributed by atoms with Gasteiger partial charge in [-0.2, -0.15) is 0 Å². The van der Waals surface area contributed by atoms with E-state index in [1.54, 1.807) is 0 Å². The summed E-state index contributed by atoms with van der Waals surface area (Å²) in [6, 6.07) is 0. The van der Waals surface area contributed by atoms with E-state index < -0.39 is 0 Å². The zero-order valence-corrected chi connectivity index (χ0v) is 13.2. The van der Waals surface area contributed by atoms with Gasteiger partial charge in [-0.3, -0.25) is 0 Å². The molecule has 0 aliphatic heterocycles. The van der Waals surface area contributed by atoms with Crippen molar-refractivity contribution in [2.45, 2.75) is 48.3 Å². The maximum absolute atomic E-state index is 5.39. The zero-order chi connectivity index (χ0) is 10.8. The van der Waals surface area contributed by atoms with E-state index in [0.717, 1.165) is 11.5 Å². The van der Waals surface area contributed by atoms with E-state index in [0.29, 0.717) is 9.44 Å². The molecule has 0 saturated carbocycles. The molecule has 0 aromatic rings. The Kier molecular flexibility index (Phi) is 11.4.